The summed E-state index contributed by atoms with van der Waals surface area (Å²) in [6.45, 7) is 4.16. The van der Waals surface area contributed by atoms with E-state index in [-0.39, 0.29) is 10.6 Å². The fourth-order valence-corrected chi connectivity index (χ4v) is 2.46. The first-order valence-electron chi connectivity index (χ1n) is 5.84. The average Bonchev–Trinajstić information content (AvgIpc) is 2.31. The third kappa shape index (κ3) is 3.33. The van der Waals surface area contributed by atoms with Crippen LogP contribution >= 0.6 is 11.8 Å². The third-order valence-corrected chi connectivity index (χ3v) is 3.50. The summed E-state index contributed by atoms with van der Waals surface area (Å²) >= 11 is 1.53. The van der Waals surface area contributed by atoms with Gasteiger partial charge in [0.05, 0.1) is 29.5 Å². The van der Waals surface area contributed by atoms with E-state index in [1.807, 2.05) is 6.92 Å². The maximum absolute atomic E-state index is 10.9. The van der Waals surface area contributed by atoms with E-state index in [0.717, 1.165) is 13.0 Å². The average molecular weight is 269 g/mol. The number of thioether (sulfide) groups is 1. The minimum absolute atomic E-state index is 0.0753. The van der Waals surface area contributed by atoms with E-state index in [1.165, 1.54) is 23.9 Å². The standard InChI is InChI=1S/C11H15N3O3S/c1-2-3-12-10-4-8(14(15)16)5-11(13-10)18-9-6-17-7-9/h4-5,9H,2-3,6-7H2,1H3,(H,12,13). The minimum atomic E-state index is -0.389. The molecule has 1 aliphatic rings. The van der Waals surface area contributed by atoms with E-state index in [2.05, 4.69) is 10.3 Å². The molecule has 18 heavy (non-hydrogen) atoms. The Balaban J connectivity index is 2.15. The summed E-state index contributed by atoms with van der Waals surface area (Å²) in [5, 5.41) is 15.0. The predicted molar refractivity (Wildman–Crippen MR) is 70.1 cm³/mol. The van der Waals surface area contributed by atoms with Crippen molar-refractivity contribution in [2.75, 3.05) is 25.1 Å². The van der Waals surface area contributed by atoms with Gasteiger partial charge in [0.2, 0.25) is 0 Å². The molecule has 0 bridgehead atoms. The number of hydrogen-bond acceptors (Lipinski definition) is 6. The van der Waals surface area contributed by atoms with E-state index in [9.17, 15) is 10.1 Å². The SMILES string of the molecule is CCCNc1cc([N+](=O)[O-])cc(SC2COC2)n1. The van der Waals surface area contributed by atoms with Crippen molar-refractivity contribution in [3.8, 4) is 0 Å². The Bertz CT molecular complexity index is 438. The molecule has 1 aliphatic heterocycles. The molecule has 98 valence electrons. The van der Waals surface area contributed by atoms with Crippen LogP contribution in [-0.2, 0) is 4.74 Å². The van der Waals surface area contributed by atoms with E-state index in [0.29, 0.717) is 29.3 Å². The number of aromatic nitrogens is 1. The Morgan fingerprint density at radius 2 is 2.39 bits per heavy atom. The van der Waals surface area contributed by atoms with Crippen LogP contribution in [-0.4, -0.2) is 34.9 Å². The van der Waals surface area contributed by atoms with Gasteiger partial charge < -0.3 is 10.1 Å². The Hall–Kier alpha value is -1.34. The third-order valence-electron chi connectivity index (χ3n) is 2.45. The maximum Gasteiger partial charge on any atom is 0.275 e. The van der Waals surface area contributed by atoms with Gasteiger partial charge in [0, 0.05) is 12.6 Å². The molecule has 6 nitrogen and oxygen atoms in total. The van der Waals surface area contributed by atoms with Gasteiger partial charge in [-0.2, -0.15) is 0 Å². The first-order valence-corrected chi connectivity index (χ1v) is 6.71. The number of nitrogens with zero attached hydrogens (tertiary/aromatic N) is 2. The second kappa shape index (κ2) is 6.01. The lowest BCUT2D eigenvalue weighted by atomic mass is 10.4. The summed E-state index contributed by atoms with van der Waals surface area (Å²) in [7, 11) is 0. The molecule has 1 aromatic rings. The van der Waals surface area contributed by atoms with Crippen molar-refractivity contribution in [3.63, 3.8) is 0 Å². The van der Waals surface area contributed by atoms with Gasteiger partial charge in [-0.25, -0.2) is 4.98 Å². The number of ether oxygens (including phenoxy) is 1. The Labute approximate surface area is 109 Å². The first-order chi connectivity index (χ1) is 8.69. The van der Waals surface area contributed by atoms with Crippen LogP contribution in [0.15, 0.2) is 17.2 Å². The minimum Gasteiger partial charge on any atom is -0.379 e. The number of hydrogen-bond donors (Lipinski definition) is 1. The molecule has 7 heteroatoms. The molecule has 0 radical (unpaired) electrons. The molecular formula is C11H15N3O3S. The van der Waals surface area contributed by atoms with Crippen LogP contribution in [0.5, 0.6) is 0 Å². The van der Waals surface area contributed by atoms with Crippen molar-refractivity contribution in [3.05, 3.63) is 22.2 Å². The predicted octanol–water partition coefficient (Wildman–Crippen LogP) is 2.30. The van der Waals surface area contributed by atoms with Crippen molar-refractivity contribution in [2.24, 2.45) is 0 Å². The number of nitro groups is 1. The molecule has 0 atom stereocenters. The Morgan fingerprint density at radius 3 is 2.94 bits per heavy atom. The van der Waals surface area contributed by atoms with Crippen molar-refractivity contribution >= 4 is 23.3 Å². The normalized spacial score (nSPS) is 15.2. The Kier molecular flexibility index (Phi) is 4.38. The monoisotopic (exact) mass is 269 g/mol. The summed E-state index contributed by atoms with van der Waals surface area (Å²) in [4.78, 5) is 14.8. The molecule has 0 saturated carbocycles. The lowest BCUT2D eigenvalue weighted by Gasteiger charge is -2.24. The number of nitrogens with one attached hydrogen (secondary N) is 1. The highest BCUT2D eigenvalue weighted by atomic mass is 32.2. The summed E-state index contributed by atoms with van der Waals surface area (Å²) in [5.74, 6) is 0.564. The van der Waals surface area contributed by atoms with Crippen LogP contribution in [0, 0.1) is 10.1 Å². The summed E-state index contributed by atoms with van der Waals surface area (Å²) in [6.07, 6.45) is 0.948. The fraction of sp³-hybridized carbons (Fsp3) is 0.545. The molecule has 0 amide bonds. The zero-order valence-corrected chi connectivity index (χ0v) is 10.9. The van der Waals surface area contributed by atoms with Crippen LogP contribution < -0.4 is 5.32 Å². The largest absolute Gasteiger partial charge is 0.379 e. The van der Waals surface area contributed by atoms with Gasteiger partial charge in [0.25, 0.3) is 5.69 Å². The zero-order chi connectivity index (χ0) is 13.0. The van der Waals surface area contributed by atoms with Crippen LogP contribution in [0.2, 0.25) is 0 Å². The number of rotatable bonds is 6. The van der Waals surface area contributed by atoms with Crippen molar-refractivity contribution < 1.29 is 9.66 Å². The van der Waals surface area contributed by atoms with Gasteiger partial charge in [-0.1, -0.05) is 18.7 Å². The van der Waals surface area contributed by atoms with Gasteiger partial charge in [0.1, 0.15) is 10.8 Å². The van der Waals surface area contributed by atoms with Crippen LogP contribution in [0.1, 0.15) is 13.3 Å². The van der Waals surface area contributed by atoms with E-state index in [4.69, 9.17) is 4.74 Å². The lowest BCUT2D eigenvalue weighted by Crippen LogP contribution is -2.30. The van der Waals surface area contributed by atoms with Gasteiger partial charge in [0.15, 0.2) is 0 Å². The fourth-order valence-electron chi connectivity index (χ4n) is 1.45. The molecule has 0 aromatic carbocycles. The smallest absolute Gasteiger partial charge is 0.275 e. The first kappa shape index (κ1) is 13.1. The van der Waals surface area contributed by atoms with Gasteiger partial charge >= 0.3 is 0 Å². The lowest BCUT2D eigenvalue weighted by molar-refractivity contribution is -0.385. The van der Waals surface area contributed by atoms with Crippen molar-refractivity contribution in [2.45, 2.75) is 23.6 Å². The highest BCUT2D eigenvalue weighted by Gasteiger charge is 2.22. The van der Waals surface area contributed by atoms with E-state index in [1.54, 1.807) is 0 Å². The van der Waals surface area contributed by atoms with Crippen LogP contribution in [0.25, 0.3) is 0 Å². The molecule has 2 heterocycles. The molecule has 1 aromatic heterocycles. The highest BCUT2D eigenvalue weighted by Crippen LogP contribution is 2.30. The zero-order valence-electron chi connectivity index (χ0n) is 10.1. The molecule has 0 unspecified atom stereocenters. The molecule has 1 fully saturated rings. The van der Waals surface area contributed by atoms with Crippen LogP contribution in [0.3, 0.4) is 0 Å². The Morgan fingerprint density at radius 1 is 1.61 bits per heavy atom. The summed E-state index contributed by atoms with van der Waals surface area (Å²) in [5.41, 5.74) is 0.0753. The molecule has 1 N–H and O–H groups in total. The maximum atomic E-state index is 10.9. The van der Waals surface area contributed by atoms with Crippen LogP contribution in [0.4, 0.5) is 11.5 Å². The molecule has 0 spiro atoms. The topological polar surface area (TPSA) is 77.3 Å². The molecular weight excluding hydrogens is 254 g/mol. The molecule has 0 aliphatic carbocycles. The summed E-state index contributed by atoms with van der Waals surface area (Å²) < 4.78 is 5.08. The number of anilines is 1. The molecule has 2 rings (SSSR count). The van der Waals surface area contributed by atoms with Gasteiger partial charge in [-0.3, -0.25) is 10.1 Å². The van der Waals surface area contributed by atoms with Gasteiger partial charge in [-0.15, -0.1) is 0 Å². The summed E-state index contributed by atoms with van der Waals surface area (Å²) in [6, 6.07) is 2.98. The van der Waals surface area contributed by atoms with E-state index >= 15 is 0 Å². The second-order valence-corrected chi connectivity index (χ2v) is 5.33. The highest BCUT2D eigenvalue weighted by molar-refractivity contribution is 8.00. The second-order valence-electron chi connectivity index (χ2n) is 4.01. The van der Waals surface area contributed by atoms with Crippen molar-refractivity contribution in [1.29, 1.82) is 0 Å². The quantitative estimate of drug-likeness (QED) is 0.630. The van der Waals surface area contributed by atoms with Gasteiger partial charge in [-0.05, 0) is 6.42 Å². The number of pyridine rings is 1. The van der Waals surface area contributed by atoms with E-state index < -0.39 is 0 Å². The molecule has 1 saturated heterocycles. The van der Waals surface area contributed by atoms with Crippen molar-refractivity contribution in [1.82, 2.24) is 4.98 Å².